The molecule has 0 radical (unpaired) electrons. The quantitative estimate of drug-likeness (QED) is 0.283. The van der Waals surface area contributed by atoms with Crippen molar-refractivity contribution in [1.82, 2.24) is 0 Å². The van der Waals surface area contributed by atoms with E-state index in [-0.39, 0.29) is 0 Å². The van der Waals surface area contributed by atoms with Gasteiger partial charge in [0.1, 0.15) is 0 Å². The van der Waals surface area contributed by atoms with E-state index in [0.717, 1.165) is 0 Å². The molecule has 0 atom stereocenters. The average Bonchev–Trinajstić information content (AvgIpc) is 2.50. The van der Waals surface area contributed by atoms with Gasteiger partial charge in [0.2, 0.25) is 0 Å². The van der Waals surface area contributed by atoms with Gasteiger partial charge >= 0.3 is 0 Å². The Bertz CT molecular complexity index is 370. The van der Waals surface area contributed by atoms with E-state index < -0.39 is 0 Å². The lowest BCUT2D eigenvalue weighted by molar-refractivity contribution is 0.556. The van der Waals surface area contributed by atoms with Gasteiger partial charge in [-0.15, -0.1) is 11.6 Å². The van der Waals surface area contributed by atoms with Gasteiger partial charge in [0.15, 0.2) is 0 Å². The van der Waals surface area contributed by atoms with Crippen molar-refractivity contribution in [3.8, 4) is 0 Å². The molecule has 0 heterocycles. The first-order chi connectivity index (χ1) is 10.3. The first-order valence-corrected chi connectivity index (χ1v) is 9.46. The molecule has 0 aliphatic carbocycles. The van der Waals surface area contributed by atoms with Gasteiger partial charge in [-0.3, -0.25) is 0 Å². The predicted octanol–water partition coefficient (Wildman–Crippen LogP) is 7.20. The Labute approximate surface area is 137 Å². The van der Waals surface area contributed by atoms with Crippen LogP contribution in [0.2, 0.25) is 0 Å². The number of alkyl halides is 1. The topological polar surface area (TPSA) is 0 Å². The maximum absolute atomic E-state index is 6.04. The van der Waals surface area contributed by atoms with Crippen LogP contribution >= 0.6 is 11.6 Å². The van der Waals surface area contributed by atoms with Crippen molar-refractivity contribution in [3.63, 3.8) is 0 Å². The Balaban J connectivity index is 2.07. The summed E-state index contributed by atoms with van der Waals surface area (Å²) in [5.74, 6) is 0.648. The molecular formula is C20H33Cl. The molecule has 0 spiro atoms. The van der Waals surface area contributed by atoms with Crippen molar-refractivity contribution in [2.75, 3.05) is 0 Å². The molecular weight excluding hydrogens is 276 g/mol. The third-order valence-electron chi connectivity index (χ3n) is 4.43. The smallest absolute Gasteiger partial charge is 0.0476 e. The van der Waals surface area contributed by atoms with Crippen LogP contribution in [0.5, 0.6) is 0 Å². The van der Waals surface area contributed by atoms with Gasteiger partial charge < -0.3 is 0 Å². The normalized spacial score (nSPS) is 11.0. The predicted molar refractivity (Wildman–Crippen MR) is 96.3 cm³/mol. The van der Waals surface area contributed by atoms with Crippen molar-refractivity contribution < 1.29 is 0 Å². The molecule has 0 aromatic heterocycles. The molecule has 1 aromatic rings. The summed E-state index contributed by atoms with van der Waals surface area (Å²) in [5, 5.41) is 0. The molecule has 0 nitrogen and oxygen atoms in total. The number of halogens is 1. The van der Waals surface area contributed by atoms with Crippen molar-refractivity contribution in [1.29, 1.82) is 0 Å². The van der Waals surface area contributed by atoms with Crippen LogP contribution in [0.25, 0.3) is 0 Å². The summed E-state index contributed by atoms with van der Waals surface area (Å²) in [6, 6.07) is 6.50. The maximum atomic E-state index is 6.04. The molecule has 0 bridgehead atoms. The van der Waals surface area contributed by atoms with Crippen molar-refractivity contribution in [3.05, 3.63) is 34.9 Å². The second kappa shape index (κ2) is 12.1. The second-order valence-corrected chi connectivity index (χ2v) is 6.55. The number of unbranched alkanes of at least 4 members (excludes halogenated alkanes) is 9. The standard InChI is InChI=1S/C20H33Cl/c1-3-4-5-6-7-8-9-10-11-12-16-20-18(2)14-13-15-19(20)17-21/h13-15H,3-12,16-17H2,1-2H3. The summed E-state index contributed by atoms with van der Waals surface area (Å²) in [6.45, 7) is 4.49. The van der Waals surface area contributed by atoms with Crippen molar-refractivity contribution in [2.24, 2.45) is 0 Å². The summed E-state index contributed by atoms with van der Waals surface area (Å²) in [7, 11) is 0. The van der Waals surface area contributed by atoms with Gasteiger partial charge in [-0.1, -0.05) is 82.9 Å². The fraction of sp³-hybridized carbons (Fsp3) is 0.700. The van der Waals surface area contributed by atoms with Gasteiger partial charge in [-0.25, -0.2) is 0 Å². The largest absolute Gasteiger partial charge is 0.122 e. The van der Waals surface area contributed by atoms with E-state index in [9.17, 15) is 0 Å². The minimum absolute atomic E-state index is 0.648. The zero-order valence-electron chi connectivity index (χ0n) is 14.1. The van der Waals surface area contributed by atoms with Crippen molar-refractivity contribution >= 4 is 11.6 Å². The summed E-state index contributed by atoms with van der Waals surface area (Å²) in [4.78, 5) is 0. The number of aryl methyl sites for hydroxylation is 1. The highest BCUT2D eigenvalue weighted by Crippen LogP contribution is 2.19. The van der Waals surface area contributed by atoms with Crippen LogP contribution in [0.15, 0.2) is 18.2 Å². The van der Waals surface area contributed by atoms with E-state index >= 15 is 0 Å². The molecule has 0 amide bonds. The SMILES string of the molecule is CCCCCCCCCCCCc1c(C)cccc1CCl. The number of hydrogen-bond donors (Lipinski definition) is 0. The molecule has 0 saturated heterocycles. The van der Waals surface area contributed by atoms with Crippen LogP contribution < -0.4 is 0 Å². The molecule has 0 saturated carbocycles. The first kappa shape index (κ1) is 18.6. The molecule has 1 rings (SSSR count). The highest BCUT2D eigenvalue weighted by atomic mass is 35.5. The van der Waals surface area contributed by atoms with Crippen LogP contribution in [-0.4, -0.2) is 0 Å². The molecule has 0 aliphatic rings. The van der Waals surface area contributed by atoms with Crippen LogP contribution in [0.3, 0.4) is 0 Å². The first-order valence-electron chi connectivity index (χ1n) is 8.93. The van der Waals surface area contributed by atoms with Gasteiger partial charge in [-0.2, -0.15) is 0 Å². The molecule has 0 unspecified atom stereocenters. The minimum atomic E-state index is 0.648. The fourth-order valence-corrected chi connectivity index (χ4v) is 3.29. The average molecular weight is 309 g/mol. The Morgan fingerprint density at radius 2 is 1.38 bits per heavy atom. The van der Waals surface area contributed by atoms with E-state index in [1.807, 2.05) is 0 Å². The Hall–Kier alpha value is -0.490. The van der Waals surface area contributed by atoms with E-state index in [0.29, 0.717) is 5.88 Å². The van der Waals surface area contributed by atoms with Crippen LogP contribution in [0.4, 0.5) is 0 Å². The number of benzene rings is 1. The summed E-state index contributed by atoms with van der Waals surface area (Å²) >= 11 is 6.04. The molecule has 0 aliphatic heterocycles. The number of hydrogen-bond acceptors (Lipinski definition) is 0. The van der Waals surface area contributed by atoms with Gasteiger partial charge in [0.05, 0.1) is 0 Å². The lowest BCUT2D eigenvalue weighted by Crippen LogP contribution is -1.96. The number of rotatable bonds is 12. The monoisotopic (exact) mass is 308 g/mol. The Morgan fingerprint density at radius 3 is 1.95 bits per heavy atom. The van der Waals surface area contributed by atoms with E-state index in [1.165, 1.54) is 87.3 Å². The van der Waals surface area contributed by atoms with E-state index in [1.54, 1.807) is 0 Å². The van der Waals surface area contributed by atoms with E-state index in [4.69, 9.17) is 11.6 Å². The molecule has 0 N–H and O–H groups in total. The van der Waals surface area contributed by atoms with Crippen LogP contribution in [0, 0.1) is 6.92 Å². The molecule has 120 valence electrons. The van der Waals surface area contributed by atoms with Crippen LogP contribution in [0.1, 0.15) is 87.8 Å². The molecule has 1 aromatic carbocycles. The van der Waals surface area contributed by atoms with Crippen LogP contribution in [-0.2, 0) is 12.3 Å². The van der Waals surface area contributed by atoms with Gasteiger partial charge in [-0.05, 0) is 36.5 Å². The summed E-state index contributed by atoms with van der Waals surface area (Å²) < 4.78 is 0. The highest BCUT2D eigenvalue weighted by molar-refractivity contribution is 6.17. The zero-order valence-corrected chi connectivity index (χ0v) is 14.9. The lowest BCUT2D eigenvalue weighted by Gasteiger charge is -2.10. The maximum Gasteiger partial charge on any atom is 0.0476 e. The highest BCUT2D eigenvalue weighted by Gasteiger charge is 2.04. The van der Waals surface area contributed by atoms with Gasteiger partial charge in [0.25, 0.3) is 0 Å². The minimum Gasteiger partial charge on any atom is -0.122 e. The molecule has 21 heavy (non-hydrogen) atoms. The van der Waals surface area contributed by atoms with Crippen molar-refractivity contribution in [2.45, 2.75) is 90.4 Å². The third-order valence-corrected chi connectivity index (χ3v) is 4.72. The second-order valence-electron chi connectivity index (χ2n) is 6.28. The molecule has 1 heteroatoms. The summed E-state index contributed by atoms with van der Waals surface area (Å²) in [6.07, 6.45) is 15.2. The fourth-order valence-electron chi connectivity index (χ4n) is 3.04. The van der Waals surface area contributed by atoms with E-state index in [2.05, 4.69) is 32.0 Å². The Kier molecular flexibility index (Phi) is 10.7. The van der Waals surface area contributed by atoms with Gasteiger partial charge in [0, 0.05) is 5.88 Å². The Morgan fingerprint density at radius 1 is 0.810 bits per heavy atom. The third kappa shape index (κ3) is 7.90. The lowest BCUT2D eigenvalue weighted by atomic mass is 9.97. The summed E-state index contributed by atoms with van der Waals surface area (Å²) in [5.41, 5.74) is 4.23. The zero-order chi connectivity index (χ0) is 15.3. The molecule has 0 fully saturated rings.